The van der Waals surface area contributed by atoms with Crippen molar-refractivity contribution >= 4 is 0 Å². The summed E-state index contributed by atoms with van der Waals surface area (Å²) < 4.78 is 13.3. The number of nitrogens with one attached hydrogen (secondary N) is 1. The van der Waals surface area contributed by atoms with E-state index in [0.29, 0.717) is 6.04 Å². The zero-order valence-corrected chi connectivity index (χ0v) is 12.8. The van der Waals surface area contributed by atoms with Crippen LogP contribution in [0.4, 0.5) is 4.39 Å². The van der Waals surface area contributed by atoms with Gasteiger partial charge < -0.3 is 5.32 Å². The smallest absolute Gasteiger partial charge is 0.123 e. The maximum Gasteiger partial charge on any atom is 0.123 e. The SMILES string of the molecule is Fc1cccc(CCN2CCNC[C@@H]2Cc2ccccc2)c1. The number of piperazine rings is 1. The minimum absolute atomic E-state index is 0.140. The molecule has 2 aromatic rings. The topological polar surface area (TPSA) is 15.3 Å². The highest BCUT2D eigenvalue weighted by Crippen LogP contribution is 2.13. The third-order valence-corrected chi connectivity index (χ3v) is 4.36. The predicted octanol–water partition coefficient (Wildman–Crippen LogP) is 2.88. The van der Waals surface area contributed by atoms with Crippen molar-refractivity contribution in [3.63, 3.8) is 0 Å². The highest BCUT2D eigenvalue weighted by molar-refractivity contribution is 5.18. The number of hydrogen-bond acceptors (Lipinski definition) is 2. The lowest BCUT2D eigenvalue weighted by molar-refractivity contribution is 0.162. The molecular weight excluding hydrogens is 275 g/mol. The third-order valence-electron chi connectivity index (χ3n) is 4.36. The zero-order valence-electron chi connectivity index (χ0n) is 12.8. The molecule has 1 atom stereocenters. The average molecular weight is 298 g/mol. The quantitative estimate of drug-likeness (QED) is 0.913. The van der Waals surface area contributed by atoms with Crippen molar-refractivity contribution < 1.29 is 4.39 Å². The van der Waals surface area contributed by atoms with Crippen molar-refractivity contribution in [1.29, 1.82) is 0 Å². The van der Waals surface area contributed by atoms with E-state index in [1.807, 2.05) is 6.07 Å². The molecule has 116 valence electrons. The van der Waals surface area contributed by atoms with Gasteiger partial charge in [0.15, 0.2) is 0 Å². The molecule has 22 heavy (non-hydrogen) atoms. The van der Waals surface area contributed by atoms with Gasteiger partial charge in [-0.2, -0.15) is 0 Å². The summed E-state index contributed by atoms with van der Waals surface area (Å²) in [5, 5.41) is 3.49. The summed E-state index contributed by atoms with van der Waals surface area (Å²) in [6.45, 7) is 4.11. The molecule has 1 fully saturated rings. The largest absolute Gasteiger partial charge is 0.314 e. The van der Waals surface area contributed by atoms with E-state index >= 15 is 0 Å². The number of hydrogen-bond donors (Lipinski definition) is 1. The maximum absolute atomic E-state index is 13.3. The standard InChI is InChI=1S/C19H23FN2/c20-18-8-4-7-17(13-18)9-11-22-12-10-21-15-19(22)14-16-5-2-1-3-6-16/h1-8,13,19,21H,9-12,14-15H2/t19-/m0/s1. The van der Waals surface area contributed by atoms with Crippen molar-refractivity contribution in [2.45, 2.75) is 18.9 Å². The van der Waals surface area contributed by atoms with Gasteiger partial charge in [0.25, 0.3) is 0 Å². The molecule has 2 aromatic carbocycles. The Morgan fingerprint density at radius 2 is 1.86 bits per heavy atom. The van der Waals surface area contributed by atoms with E-state index in [-0.39, 0.29) is 5.82 Å². The van der Waals surface area contributed by atoms with Gasteiger partial charge in [-0.05, 0) is 36.1 Å². The Balaban J connectivity index is 1.60. The normalized spacial score (nSPS) is 19.2. The highest BCUT2D eigenvalue weighted by Gasteiger charge is 2.21. The lowest BCUT2D eigenvalue weighted by atomic mass is 10.0. The Morgan fingerprint density at radius 1 is 1.05 bits per heavy atom. The molecule has 0 aliphatic carbocycles. The summed E-state index contributed by atoms with van der Waals surface area (Å²) in [7, 11) is 0. The van der Waals surface area contributed by atoms with Crippen LogP contribution in [0.25, 0.3) is 0 Å². The summed E-state index contributed by atoms with van der Waals surface area (Å²) >= 11 is 0. The monoisotopic (exact) mass is 298 g/mol. The molecule has 0 unspecified atom stereocenters. The Bertz CT molecular complexity index is 585. The van der Waals surface area contributed by atoms with E-state index in [9.17, 15) is 4.39 Å². The van der Waals surface area contributed by atoms with Crippen molar-refractivity contribution in [3.8, 4) is 0 Å². The molecule has 1 saturated heterocycles. The molecule has 3 heteroatoms. The van der Waals surface area contributed by atoms with E-state index in [1.54, 1.807) is 12.1 Å². The van der Waals surface area contributed by atoms with E-state index in [4.69, 9.17) is 0 Å². The Labute approximate surface area is 132 Å². The fourth-order valence-electron chi connectivity index (χ4n) is 3.15. The number of rotatable bonds is 5. The first kappa shape index (κ1) is 15.2. The van der Waals surface area contributed by atoms with E-state index < -0.39 is 0 Å². The van der Waals surface area contributed by atoms with Crippen molar-refractivity contribution in [3.05, 3.63) is 71.5 Å². The first-order chi connectivity index (χ1) is 10.8. The van der Waals surface area contributed by atoms with Crippen LogP contribution in [0.3, 0.4) is 0 Å². The molecule has 0 aromatic heterocycles. The average Bonchev–Trinajstić information content (AvgIpc) is 2.55. The van der Waals surface area contributed by atoms with Crippen LogP contribution in [-0.2, 0) is 12.8 Å². The van der Waals surface area contributed by atoms with Crippen LogP contribution in [0.1, 0.15) is 11.1 Å². The molecule has 1 aliphatic heterocycles. The van der Waals surface area contributed by atoms with Gasteiger partial charge in [0.1, 0.15) is 5.82 Å². The van der Waals surface area contributed by atoms with Crippen molar-refractivity contribution in [1.82, 2.24) is 10.2 Å². The molecule has 1 N–H and O–H groups in total. The highest BCUT2D eigenvalue weighted by atomic mass is 19.1. The van der Waals surface area contributed by atoms with Gasteiger partial charge in [0.05, 0.1) is 0 Å². The zero-order chi connectivity index (χ0) is 15.2. The summed E-state index contributed by atoms with van der Waals surface area (Å²) in [5.74, 6) is -0.140. The van der Waals surface area contributed by atoms with Crippen molar-refractivity contribution in [2.24, 2.45) is 0 Å². The van der Waals surface area contributed by atoms with Crippen LogP contribution in [0, 0.1) is 5.82 Å². The fraction of sp³-hybridized carbons (Fsp3) is 0.368. The van der Waals surface area contributed by atoms with Crippen LogP contribution < -0.4 is 5.32 Å². The van der Waals surface area contributed by atoms with Gasteiger partial charge in [-0.25, -0.2) is 4.39 Å². The molecule has 1 aliphatic rings. The number of halogens is 1. The molecule has 0 saturated carbocycles. The molecular formula is C19H23FN2. The summed E-state index contributed by atoms with van der Waals surface area (Å²) in [4.78, 5) is 2.54. The molecule has 3 rings (SSSR count). The summed E-state index contributed by atoms with van der Waals surface area (Å²) in [5.41, 5.74) is 2.46. The minimum Gasteiger partial charge on any atom is -0.314 e. The summed E-state index contributed by atoms with van der Waals surface area (Å²) in [6, 6.07) is 18.1. The van der Waals surface area contributed by atoms with Gasteiger partial charge in [-0.15, -0.1) is 0 Å². The molecule has 0 radical (unpaired) electrons. The molecule has 2 nitrogen and oxygen atoms in total. The van der Waals surface area contributed by atoms with Crippen LogP contribution in [0.2, 0.25) is 0 Å². The molecule has 1 heterocycles. The second kappa shape index (κ2) is 7.52. The summed E-state index contributed by atoms with van der Waals surface area (Å²) in [6.07, 6.45) is 1.97. The minimum atomic E-state index is -0.140. The lowest BCUT2D eigenvalue weighted by Crippen LogP contribution is -2.52. The van der Waals surface area contributed by atoms with Gasteiger partial charge >= 0.3 is 0 Å². The Kier molecular flexibility index (Phi) is 5.20. The maximum atomic E-state index is 13.3. The van der Waals surface area contributed by atoms with Crippen LogP contribution in [0.5, 0.6) is 0 Å². The fourth-order valence-corrected chi connectivity index (χ4v) is 3.15. The molecule has 0 bridgehead atoms. The first-order valence-electron chi connectivity index (χ1n) is 8.04. The molecule has 0 amide bonds. The van der Waals surface area contributed by atoms with Crippen LogP contribution in [-0.4, -0.2) is 37.1 Å². The second-order valence-corrected chi connectivity index (χ2v) is 5.96. The van der Waals surface area contributed by atoms with Gasteiger partial charge in [0, 0.05) is 32.2 Å². The first-order valence-corrected chi connectivity index (χ1v) is 8.04. The van der Waals surface area contributed by atoms with E-state index in [1.165, 1.54) is 11.6 Å². The second-order valence-electron chi connectivity index (χ2n) is 5.96. The van der Waals surface area contributed by atoms with Gasteiger partial charge in [-0.1, -0.05) is 42.5 Å². The predicted molar refractivity (Wildman–Crippen MR) is 88.5 cm³/mol. The van der Waals surface area contributed by atoms with Gasteiger partial charge in [-0.3, -0.25) is 4.90 Å². The lowest BCUT2D eigenvalue weighted by Gasteiger charge is -2.36. The van der Waals surface area contributed by atoms with Crippen LogP contribution >= 0.6 is 0 Å². The number of benzene rings is 2. The van der Waals surface area contributed by atoms with Crippen molar-refractivity contribution in [2.75, 3.05) is 26.2 Å². The van der Waals surface area contributed by atoms with E-state index in [2.05, 4.69) is 40.5 Å². The van der Waals surface area contributed by atoms with Crippen LogP contribution in [0.15, 0.2) is 54.6 Å². The Morgan fingerprint density at radius 3 is 2.68 bits per heavy atom. The third kappa shape index (κ3) is 4.15. The number of nitrogens with zero attached hydrogens (tertiary/aromatic N) is 1. The Hall–Kier alpha value is -1.71. The van der Waals surface area contributed by atoms with Gasteiger partial charge in [0.2, 0.25) is 0 Å². The molecule has 0 spiro atoms. The van der Waals surface area contributed by atoms with E-state index in [0.717, 1.165) is 44.6 Å².